The number of hydrogen-bond donors (Lipinski definition) is 0. The second-order valence-corrected chi connectivity index (χ2v) is 9.13. The summed E-state index contributed by atoms with van der Waals surface area (Å²) in [4.78, 5) is 30.4. The highest BCUT2D eigenvalue weighted by atomic mass is 16.2. The normalized spacial score (nSPS) is 15.7. The van der Waals surface area contributed by atoms with Gasteiger partial charge in [0.25, 0.3) is 5.91 Å². The molecule has 4 heteroatoms. The van der Waals surface area contributed by atoms with E-state index in [-0.39, 0.29) is 11.8 Å². The Bertz CT molecular complexity index is 873. The number of carbonyl (C=O) groups excluding carboxylic acids is 2. The molecule has 0 unspecified atom stereocenters. The molecule has 2 amide bonds. The molecule has 1 heterocycles. The van der Waals surface area contributed by atoms with Crippen molar-refractivity contribution in [2.45, 2.75) is 65.8 Å². The first-order chi connectivity index (χ1) is 15.0. The Morgan fingerprint density at radius 3 is 2.23 bits per heavy atom. The first-order valence-electron chi connectivity index (χ1n) is 11.7. The summed E-state index contributed by atoms with van der Waals surface area (Å²) in [6.07, 6.45) is 5.93. The number of nitrogens with zero attached hydrogens (tertiary/aromatic N) is 2. The van der Waals surface area contributed by atoms with Gasteiger partial charge in [0, 0.05) is 37.3 Å². The minimum absolute atomic E-state index is 0.0620. The average Bonchev–Trinajstić information content (AvgIpc) is 2.73. The molecule has 0 N–H and O–H groups in total. The van der Waals surface area contributed by atoms with Crippen LogP contribution >= 0.6 is 0 Å². The summed E-state index contributed by atoms with van der Waals surface area (Å²) in [6, 6.07) is 15.9. The van der Waals surface area contributed by atoms with E-state index in [1.54, 1.807) is 0 Å². The highest BCUT2D eigenvalue weighted by Gasteiger charge is 2.23. The number of carbonyl (C=O) groups is 2. The Balaban J connectivity index is 1.93. The third kappa shape index (κ3) is 6.43. The molecule has 0 bridgehead atoms. The molecule has 0 aliphatic carbocycles. The number of rotatable bonds is 3. The predicted molar refractivity (Wildman–Crippen MR) is 127 cm³/mol. The van der Waals surface area contributed by atoms with Crippen molar-refractivity contribution in [3.63, 3.8) is 0 Å². The number of anilines is 1. The van der Waals surface area contributed by atoms with Gasteiger partial charge in [-0.25, -0.2) is 0 Å². The standard InChI is InChI=1S/C27H36N2O2/c1-21(2)19-26(30)29-18-10-6-4-5-9-17-28(20-24-11-7-8-12-25(24)29)27(31)23-15-13-22(3)14-16-23/h7-8,11-16,21H,4-6,9-10,17-20H2,1-3H3. The zero-order valence-electron chi connectivity index (χ0n) is 19.3. The lowest BCUT2D eigenvalue weighted by atomic mass is 10.0. The largest absolute Gasteiger partial charge is 0.334 e. The third-order valence-corrected chi connectivity index (χ3v) is 5.92. The van der Waals surface area contributed by atoms with Gasteiger partial charge in [0.1, 0.15) is 0 Å². The van der Waals surface area contributed by atoms with Gasteiger partial charge in [0.05, 0.1) is 0 Å². The molecule has 2 aromatic carbocycles. The van der Waals surface area contributed by atoms with Crippen molar-refractivity contribution in [3.8, 4) is 0 Å². The molecule has 0 atom stereocenters. The van der Waals surface area contributed by atoms with E-state index in [2.05, 4.69) is 19.9 Å². The smallest absolute Gasteiger partial charge is 0.254 e. The fourth-order valence-corrected chi connectivity index (χ4v) is 4.19. The quantitative estimate of drug-likeness (QED) is 0.613. The van der Waals surface area contributed by atoms with Crippen LogP contribution in [0.25, 0.3) is 0 Å². The zero-order chi connectivity index (χ0) is 22.2. The predicted octanol–water partition coefficient (Wildman–Crippen LogP) is 5.98. The molecule has 0 saturated carbocycles. The number of para-hydroxylation sites is 1. The fourth-order valence-electron chi connectivity index (χ4n) is 4.19. The summed E-state index contributed by atoms with van der Waals surface area (Å²) >= 11 is 0. The molecular formula is C27H36N2O2. The van der Waals surface area contributed by atoms with E-state index in [9.17, 15) is 9.59 Å². The molecular weight excluding hydrogens is 384 g/mol. The monoisotopic (exact) mass is 420 g/mol. The highest BCUT2D eigenvalue weighted by Crippen LogP contribution is 2.26. The summed E-state index contributed by atoms with van der Waals surface area (Å²) in [5.74, 6) is 0.559. The fraction of sp³-hybridized carbons (Fsp3) is 0.481. The van der Waals surface area contributed by atoms with Gasteiger partial charge in [-0.05, 0) is 49.4 Å². The molecule has 2 aromatic rings. The number of benzene rings is 2. The van der Waals surface area contributed by atoms with E-state index < -0.39 is 0 Å². The maximum atomic E-state index is 13.3. The lowest BCUT2D eigenvalue weighted by Crippen LogP contribution is -2.36. The highest BCUT2D eigenvalue weighted by molar-refractivity contribution is 5.95. The van der Waals surface area contributed by atoms with Crippen LogP contribution in [0.1, 0.15) is 73.9 Å². The summed E-state index contributed by atoms with van der Waals surface area (Å²) in [6.45, 7) is 8.21. The van der Waals surface area contributed by atoms with Crippen LogP contribution in [0.5, 0.6) is 0 Å². The summed E-state index contributed by atoms with van der Waals surface area (Å²) in [7, 11) is 0. The van der Waals surface area contributed by atoms with Gasteiger partial charge in [-0.2, -0.15) is 0 Å². The van der Waals surface area contributed by atoms with E-state index in [0.717, 1.165) is 67.6 Å². The molecule has 1 aliphatic rings. The van der Waals surface area contributed by atoms with Crippen LogP contribution < -0.4 is 4.90 Å². The maximum absolute atomic E-state index is 13.3. The van der Waals surface area contributed by atoms with E-state index in [4.69, 9.17) is 0 Å². The number of aryl methyl sites for hydroxylation is 1. The second kappa shape index (κ2) is 11.1. The van der Waals surface area contributed by atoms with Crippen molar-refractivity contribution < 1.29 is 9.59 Å². The van der Waals surface area contributed by atoms with Crippen LogP contribution in [-0.2, 0) is 11.3 Å². The lowest BCUT2D eigenvalue weighted by Gasteiger charge is -2.30. The van der Waals surface area contributed by atoms with E-state index in [1.165, 1.54) is 0 Å². The van der Waals surface area contributed by atoms with Crippen molar-refractivity contribution in [2.24, 2.45) is 5.92 Å². The number of fused-ring (bicyclic) bond motifs is 1. The van der Waals surface area contributed by atoms with Crippen LogP contribution in [-0.4, -0.2) is 29.8 Å². The van der Waals surface area contributed by atoms with Gasteiger partial charge in [-0.15, -0.1) is 0 Å². The third-order valence-electron chi connectivity index (χ3n) is 5.92. The second-order valence-electron chi connectivity index (χ2n) is 9.13. The van der Waals surface area contributed by atoms with Crippen molar-refractivity contribution in [1.29, 1.82) is 0 Å². The molecule has 0 saturated heterocycles. The maximum Gasteiger partial charge on any atom is 0.254 e. The Morgan fingerprint density at radius 2 is 1.52 bits per heavy atom. The molecule has 166 valence electrons. The summed E-state index contributed by atoms with van der Waals surface area (Å²) in [5.41, 5.74) is 3.87. The van der Waals surface area contributed by atoms with Gasteiger partial charge >= 0.3 is 0 Å². The van der Waals surface area contributed by atoms with Crippen molar-refractivity contribution >= 4 is 17.5 Å². The van der Waals surface area contributed by atoms with Crippen LogP contribution in [0.2, 0.25) is 0 Å². The Kier molecular flexibility index (Phi) is 8.27. The van der Waals surface area contributed by atoms with Gasteiger partial charge in [-0.3, -0.25) is 9.59 Å². The van der Waals surface area contributed by atoms with Crippen molar-refractivity contribution in [3.05, 3.63) is 65.2 Å². The van der Waals surface area contributed by atoms with Gasteiger partial charge in [-0.1, -0.05) is 69.0 Å². The topological polar surface area (TPSA) is 40.6 Å². The molecule has 3 rings (SSSR count). The molecule has 0 fully saturated rings. The minimum Gasteiger partial charge on any atom is -0.334 e. The Labute approximate surface area is 187 Å². The van der Waals surface area contributed by atoms with Gasteiger partial charge < -0.3 is 9.80 Å². The van der Waals surface area contributed by atoms with Crippen LogP contribution in [0.4, 0.5) is 5.69 Å². The Morgan fingerprint density at radius 1 is 0.871 bits per heavy atom. The molecule has 1 aliphatic heterocycles. The molecule has 0 spiro atoms. The number of hydrogen-bond acceptors (Lipinski definition) is 2. The minimum atomic E-state index is 0.0620. The molecule has 31 heavy (non-hydrogen) atoms. The van der Waals surface area contributed by atoms with E-state index >= 15 is 0 Å². The SMILES string of the molecule is Cc1ccc(C(=O)N2CCCCCCCN(C(=O)CC(C)C)c3ccccc3C2)cc1. The van der Waals surface area contributed by atoms with Crippen molar-refractivity contribution in [2.75, 3.05) is 18.0 Å². The van der Waals surface area contributed by atoms with Crippen molar-refractivity contribution in [1.82, 2.24) is 4.90 Å². The molecule has 0 aromatic heterocycles. The van der Waals surface area contributed by atoms with Crippen LogP contribution in [0.3, 0.4) is 0 Å². The molecule has 0 radical (unpaired) electrons. The lowest BCUT2D eigenvalue weighted by molar-refractivity contribution is -0.119. The molecule has 4 nitrogen and oxygen atoms in total. The van der Waals surface area contributed by atoms with E-state index in [1.807, 2.05) is 59.2 Å². The van der Waals surface area contributed by atoms with E-state index in [0.29, 0.717) is 18.9 Å². The number of amides is 2. The Hall–Kier alpha value is -2.62. The summed E-state index contributed by atoms with van der Waals surface area (Å²) in [5, 5.41) is 0. The first-order valence-corrected chi connectivity index (χ1v) is 11.7. The summed E-state index contributed by atoms with van der Waals surface area (Å²) < 4.78 is 0. The van der Waals surface area contributed by atoms with Gasteiger partial charge in [0.2, 0.25) is 5.91 Å². The average molecular weight is 421 g/mol. The van der Waals surface area contributed by atoms with Crippen LogP contribution in [0, 0.1) is 12.8 Å². The van der Waals surface area contributed by atoms with Gasteiger partial charge in [0.15, 0.2) is 0 Å². The van der Waals surface area contributed by atoms with Crippen LogP contribution in [0.15, 0.2) is 48.5 Å². The first kappa shape index (κ1) is 23.1. The zero-order valence-corrected chi connectivity index (χ0v) is 19.3.